The SMILES string of the molecule is Cc1cc(C(=O)COc2ccc(Cl)cc2C(=O)Nc2ccccc2)c(C)[nH]1. The molecular weight excluding hydrogens is 364 g/mol. The van der Waals surface area contributed by atoms with Crippen LogP contribution in [0.2, 0.25) is 5.02 Å². The summed E-state index contributed by atoms with van der Waals surface area (Å²) in [4.78, 5) is 28.1. The number of anilines is 1. The number of benzene rings is 2. The van der Waals surface area contributed by atoms with Crippen LogP contribution in [0, 0.1) is 13.8 Å². The lowest BCUT2D eigenvalue weighted by molar-refractivity contribution is 0.0913. The standard InChI is InChI=1S/C21H19ClN2O3/c1-13-10-17(14(2)23-13)19(25)12-27-20-9-8-15(22)11-18(20)21(26)24-16-6-4-3-5-7-16/h3-11,23H,12H2,1-2H3,(H,24,26). The molecule has 0 aliphatic rings. The monoisotopic (exact) mass is 382 g/mol. The number of aromatic nitrogens is 1. The van der Waals surface area contributed by atoms with Gasteiger partial charge in [0.1, 0.15) is 5.75 Å². The number of carbonyl (C=O) groups excluding carboxylic acids is 2. The highest BCUT2D eigenvalue weighted by Gasteiger charge is 2.17. The molecule has 1 aromatic heterocycles. The van der Waals surface area contributed by atoms with Crippen LogP contribution in [0.4, 0.5) is 5.69 Å². The van der Waals surface area contributed by atoms with Crippen LogP contribution in [0.1, 0.15) is 32.1 Å². The smallest absolute Gasteiger partial charge is 0.259 e. The number of nitrogens with one attached hydrogen (secondary N) is 2. The first kappa shape index (κ1) is 18.7. The van der Waals surface area contributed by atoms with E-state index < -0.39 is 0 Å². The average Bonchev–Trinajstić information content (AvgIpc) is 2.99. The fourth-order valence-corrected chi connectivity index (χ4v) is 2.93. The lowest BCUT2D eigenvalue weighted by Gasteiger charge is -2.12. The lowest BCUT2D eigenvalue weighted by Crippen LogP contribution is -2.17. The molecule has 0 aliphatic heterocycles. The van der Waals surface area contributed by atoms with Gasteiger partial charge in [0.05, 0.1) is 5.56 Å². The predicted molar refractivity (Wildman–Crippen MR) is 106 cm³/mol. The van der Waals surface area contributed by atoms with E-state index in [0.29, 0.717) is 22.0 Å². The van der Waals surface area contributed by atoms with Crippen LogP contribution in [-0.2, 0) is 0 Å². The molecule has 27 heavy (non-hydrogen) atoms. The first-order valence-electron chi connectivity index (χ1n) is 8.42. The van der Waals surface area contributed by atoms with Crippen LogP contribution >= 0.6 is 11.6 Å². The Bertz CT molecular complexity index is 980. The van der Waals surface area contributed by atoms with Crippen molar-refractivity contribution in [2.45, 2.75) is 13.8 Å². The number of aryl methyl sites for hydroxylation is 2. The second-order valence-electron chi connectivity index (χ2n) is 6.16. The number of ether oxygens (including phenoxy) is 1. The molecule has 5 nitrogen and oxygen atoms in total. The molecule has 6 heteroatoms. The average molecular weight is 383 g/mol. The molecule has 1 heterocycles. The molecule has 0 fully saturated rings. The number of hydrogen-bond acceptors (Lipinski definition) is 3. The van der Waals surface area contributed by atoms with Gasteiger partial charge in [0.25, 0.3) is 5.91 Å². The van der Waals surface area contributed by atoms with Gasteiger partial charge in [0.2, 0.25) is 5.78 Å². The molecule has 0 unspecified atom stereocenters. The van der Waals surface area contributed by atoms with E-state index in [1.807, 2.05) is 32.0 Å². The predicted octanol–water partition coefficient (Wildman–Crippen LogP) is 4.80. The van der Waals surface area contributed by atoms with Crippen LogP contribution in [-0.4, -0.2) is 23.3 Å². The van der Waals surface area contributed by atoms with Gasteiger partial charge in [0, 0.05) is 27.7 Å². The van der Waals surface area contributed by atoms with Gasteiger partial charge in [-0.05, 0) is 50.2 Å². The maximum atomic E-state index is 12.6. The summed E-state index contributed by atoms with van der Waals surface area (Å²) in [7, 11) is 0. The van der Waals surface area contributed by atoms with Crippen molar-refractivity contribution < 1.29 is 14.3 Å². The number of halogens is 1. The van der Waals surface area contributed by atoms with E-state index in [1.165, 1.54) is 6.07 Å². The van der Waals surface area contributed by atoms with Crippen LogP contribution in [0.25, 0.3) is 0 Å². The summed E-state index contributed by atoms with van der Waals surface area (Å²) in [5, 5.41) is 3.20. The Hall–Kier alpha value is -3.05. The number of para-hydroxylation sites is 1. The number of amides is 1. The number of rotatable bonds is 6. The molecule has 3 rings (SSSR count). The van der Waals surface area contributed by atoms with Gasteiger partial charge in [-0.1, -0.05) is 29.8 Å². The molecule has 3 aromatic rings. The third-order valence-corrected chi connectivity index (χ3v) is 4.26. The van der Waals surface area contributed by atoms with Crippen molar-refractivity contribution >= 4 is 29.0 Å². The van der Waals surface area contributed by atoms with Gasteiger partial charge in [0.15, 0.2) is 6.61 Å². The lowest BCUT2D eigenvalue weighted by atomic mass is 10.1. The van der Waals surface area contributed by atoms with E-state index >= 15 is 0 Å². The van der Waals surface area contributed by atoms with E-state index in [9.17, 15) is 9.59 Å². The zero-order valence-corrected chi connectivity index (χ0v) is 15.8. The molecule has 0 atom stereocenters. The fourth-order valence-electron chi connectivity index (χ4n) is 2.76. The summed E-state index contributed by atoms with van der Waals surface area (Å²) in [5.74, 6) is -0.230. The first-order chi connectivity index (χ1) is 12.9. The zero-order valence-electron chi connectivity index (χ0n) is 15.0. The number of H-pyrrole nitrogens is 1. The number of carbonyl (C=O) groups is 2. The number of hydrogen-bond donors (Lipinski definition) is 2. The molecule has 0 spiro atoms. The van der Waals surface area contributed by atoms with Crippen molar-refractivity contribution in [2.24, 2.45) is 0 Å². The summed E-state index contributed by atoms with van der Waals surface area (Å²) in [6.07, 6.45) is 0. The Kier molecular flexibility index (Phi) is 5.62. The van der Waals surface area contributed by atoms with Crippen molar-refractivity contribution in [1.82, 2.24) is 4.98 Å². The third kappa shape index (κ3) is 4.57. The van der Waals surface area contributed by atoms with Gasteiger partial charge < -0.3 is 15.0 Å². The molecule has 2 aromatic carbocycles. The van der Waals surface area contributed by atoms with Crippen molar-refractivity contribution in [3.8, 4) is 5.75 Å². The molecule has 138 valence electrons. The molecule has 0 bridgehead atoms. The van der Waals surface area contributed by atoms with Gasteiger partial charge in [-0.15, -0.1) is 0 Å². The number of ketones is 1. The van der Waals surface area contributed by atoms with Crippen molar-refractivity contribution in [2.75, 3.05) is 11.9 Å². The Morgan fingerprint density at radius 3 is 2.44 bits per heavy atom. The topological polar surface area (TPSA) is 71.2 Å². The van der Waals surface area contributed by atoms with E-state index in [1.54, 1.807) is 30.3 Å². The van der Waals surface area contributed by atoms with Gasteiger partial charge in [-0.2, -0.15) is 0 Å². The van der Waals surface area contributed by atoms with E-state index in [2.05, 4.69) is 10.3 Å². The van der Waals surface area contributed by atoms with Crippen LogP contribution in [0.5, 0.6) is 5.75 Å². The molecular formula is C21H19ClN2O3. The molecule has 2 N–H and O–H groups in total. The van der Waals surface area contributed by atoms with Crippen molar-refractivity contribution in [1.29, 1.82) is 0 Å². The molecule has 0 radical (unpaired) electrons. The molecule has 0 saturated carbocycles. The minimum atomic E-state index is -0.361. The van der Waals surface area contributed by atoms with Crippen molar-refractivity contribution in [3.63, 3.8) is 0 Å². The second-order valence-corrected chi connectivity index (χ2v) is 6.60. The minimum Gasteiger partial charge on any atom is -0.485 e. The van der Waals surface area contributed by atoms with Crippen LogP contribution in [0.15, 0.2) is 54.6 Å². The number of aromatic amines is 1. The maximum absolute atomic E-state index is 12.6. The van der Waals surface area contributed by atoms with Gasteiger partial charge >= 0.3 is 0 Å². The summed E-state index contributed by atoms with van der Waals surface area (Å²) in [6, 6.07) is 15.6. The van der Waals surface area contributed by atoms with Crippen LogP contribution < -0.4 is 10.1 Å². The first-order valence-corrected chi connectivity index (χ1v) is 8.80. The Morgan fingerprint density at radius 2 is 1.78 bits per heavy atom. The normalized spacial score (nSPS) is 10.5. The molecule has 0 saturated heterocycles. The second kappa shape index (κ2) is 8.10. The van der Waals surface area contributed by atoms with E-state index in [0.717, 1.165) is 11.4 Å². The fraction of sp³-hybridized carbons (Fsp3) is 0.143. The Morgan fingerprint density at radius 1 is 1.04 bits per heavy atom. The van der Waals surface area contributed by atoms with Gasteiger partial charge in [-0.3, -0.25) is 9.59 Å². The quantitative estimate of drug-likeness (QED) is 0.601. The zero-order chi connectivity index (χ0) is 19.4. The maximum Gasteiger partial charge on any atom is 0.259 e. The van der Waals surface area contributed by atoms with E-state index in [4.69, 9.17) is 16.3 Å². The largest absolute Gasteiger partial charge is 0.485 e. The highest BCUT2D eigenvalue weighted by molar-refractivity contribution is 6.31. The van der Waals surface area contributed by atoms with Crippen molar-refractivity contribution in [3.05, 3.63) is 82.1 Å². The van der Waals surface area contributed by atoms with Gasteiger partial charge in [-0.25, -0.2) is 0 Å². The summed E-state index contributed by atoms with van der Waals surface area (Å²) >= 11 is 6.04. The summed E-state index contributed by atoms with van der Waals surface area (Å²) in [6.45, 7) is 3.54. The Balaban J connectivity index is 1.76. The minimum absolute atomic E-state index is 0.166. The highest BCUT2D eigenvalue weighted by Crippen LogP contribution is 2.24. The molecule has 1 amide bonds. The summed E-state index contributed by atoms with van der Waals surface area (Å²) in [5.41, 5.74) is 3.20. The summed E-state index contributed by atoms with van der Waals surface area (Å²) < 4.78 is 5.65. The van der Waals surface area contributed by atoms with Crippen LogP contribution in [0.3, 0.4) is 0 Å². The Labute approximate surface area is 162 Å². The highest BCUT2D eigenvalue weighted by atomic mass is 35.5. The third-order valence-electron chi connectivity index (χ3n) is 4.03. The number of Topliss-reactive ketones (excluding diaryl/α,β-unsaturated/α-hetero) is 1. The van der Waals surface area contributed by atoms with E-state index in [-0.39, 0.29) is 23.9 Å². The molecule has 0 aliphatic carbocycles.